The third-order valence-electron chi connectivity index (χ3n) is 4.75. The lowest BCUT2D eigenvalue weighted by Gasteiger charge is -2.38. The molecule has 0 bridgehead atoms. The zero-order valence-electron chi connectivity index (χ0n) is 13.8. The Bertz CT molecular complexity index is 690. The Kier molecular flexibility index (Phi) is 5.30. The summed E-state index contributed by atoms with van der Waals surface area (Å²) >= 11 is 0. The summed E-state index contributed by atoms with van der Waals surface area (Å²) < 4.78 is 0. The fraction of sp³-hybridized carbons (Fsp3) is 0.471. The van der Waals surface area contributed by atoms with Gasteiger partial charge < -0.3 is 10.6 Å². The number of piperidine rings is 1. The molecule has 24 heavy (non-hydrogen) atoms. The lowest BCUT2D eigenvalue weighted by molar-refractivity contribution is 0.0583. The Morgan fingerprint density at radius 1 is 1.21 bits per heavy atom. The molecule has 130 valence electrons. The first-order valence-corrected chi connectivity index (χ1v) is 7.95. The standard InChI is InChI=1S/C17H21N3O3.ClH/c1-10(18)14-5-3-4-8-20(14)15(21)11-6-7-12-13(9-11)17(23)19(2)16(12)22;/h6-7,9-10,14H,3-5,8,18H2,1-2H3;1H. The SMILES string of the molecule is CC(N)C1CCCCN1C(=O)c1ccc2c(c1)C(=O)N(C)C2=O.Cl. The van der Waals surface area contributed by atoms with E-state index < -0.39 is 0 Å². The summed E-state index contributed by atoms with van der Waals surface area (Å²) in [5, 5.41) is 0. The number of imide groups is 1. The number of amides is 3. The number of hydrogen-bond acceptors (Lipinski definition) is 4. The molecule has 2 aliphatic rings. The molecule has 0 spiro atoms. The normalized spacial score (nSPS) is 21.4. The van der Waals surface area contributed by atoms with Gasteiger partial charge in [-0.3, -0.25) is 19.3 Å². The van der Waals surface area contributed by atoms with Crippen LogP contribution in [0.4, 0.5) is 0 Å². The van der Waals surface area contributed by atoms with Crippen molar-refractivity contribution in [2.75, 3.05) is 13.6 Å². The Labute approximate surface area is 147 Å². The molecule has 0 aliphatic carbocycles. The number of fused-ring (bicyclic) bond motifs is 1. The highest BCUT2D eigenvalue weighted by atomic mass is 35.5. The fourth-order valence-corrected chi connectivity index (χ4v) is 3.42. The third-order valence-corrected chi connectivity index (χ3v) is 4.75. The van der Waals surface area contributed by atoms with Crippen LogP contribution in [0, 0.1) is 0 Å². The van der Waals surface area contributed by atoms with Gasteiger partial charge in [0.15, 0.2) is 0 Å². The Morgan fingerprint density at radius 2 is 1.88 bits per heavy atom. The van der Waals surface area contributed by atoms with Crippen LogP contribution in [0.3, 0.4) is 0 Å². The van der Waals surface area contributed by atoms with Gasteiger partial charge in [0.1, 0.15) is 0 Å². The van der Waals surface area contributed by atoms with Crippen molar-refractivity contribution in [3.05, 3.63) is 34.9 Å². The predicted molar refractivity (Wildman–Crippen MR) is 92.4 cm³/mol. The highest BCUT2D eigenvalue weighted by molar-refractivity contribution is 6.21. The summed E-state index contributed by atoms with van der Waals surface area (Å²) in [6.07, 6.45) is 2.92. The molecule has 1 saturated heterocycles. The van der Waals surface area contributed by atoms with E-state index in [1.807, 2.05) is 6.92 Å². The first-order valence-electron chi connectivity index (χ1n) is 7.95. The van der Waals surface area contributed by atoms with Crippen molar-refractivity contribution in [3.8, 4) is 0 Å². The summed E-state index contributed by atoms with van der Waals surface area (Å²) in [7, 11) is 1.45. The van der Waals surface area contributed by atoms with E-state index in [4.69, 9.17) is 5.73 Å². The van der Waals surface area contributed by atoms with Gasteiger partial charge in [-0.05, 0) is 44.4 Å². The van der Waals surface area contributed by atoms with E-state index in [1.165, 1.54) is 13.1 Å². The summed E-state index contributed by atoms with van der Waals surface area (Å²) in [4.78, 5) is 39.7. The Balaban J connectivity index is 0.00000208. The monoisotopic (exact) mass is 351 g/mol. The first kappa shape index (κ1) is 18.4. The molecule has 0 radical (unpaired) electrons. The maximum absolute atomic E-state index is 12.8. The fourth-order valence-electron chi connectivity index (χ4n) is 3.42. The summed E-state index contributed by atoms with van der Waals surface area (Å²) in [6.45, 7) is 2.59. The zero-order chi connectivity index (χ0) is 16.7. The molecule has 3 amide bonds. The second kappa shape index (κ2) is 6.91. The van der Waals surface area contributed by atoms with Crippen LogP contribution in [-0.4, -0.2) is 53.2 Å². The molecule has 1 aromatic rings. The molecule has 2 heterocycles. The van der Waals surface area contributed by atoms with Gasteiger partial charge in [-0.2, -0.15) is 0 Å². The molecule has 2 unspecified atom stereocenters. The second-order valence-electron chi connectivity index (χ2n) is 6.35. The molecule has 3 rings (SSSR count). The number of carbonyl (C=O) groups is 3. The molecule has 6 nitrogen and oxygen atoms in total. The third kappa shape index (κ3) is 2.91. The highest BCUT2D eigenvalue weighted by Gasteiger charge is 2.35. The summed E-state index contributed by atoms with van der Waals surface area (Å²) in [6, 6.07) is 4.65. The van der Waals surface area contributed by atoms with Crippen molar-refractivity contribution in [1.29, 1.82) is 0 Å². The van der Waals surface area contributed by atoms with Gasteiger partial charge in [-0.1, -0.05) is 0 Å². The topological polar surface area (TPSA) is 83.7 Å². The molecule has 1 aromatic carbocycles. The van der Waals surface area contributed by atoms with E-state index in [9.17, 15) is 14.4 Å². The molecule has 0 aromatic heterocycles. The minimum atomic E-state index is -0.359. The summed E-state index contributed by atoms with van der Waals surface area (Å²) in [5.41, 5.74) is 7.12. The van der Waals surface area contributed by atoms with Gasteiger partial charge in [0, 0.05) is 31.2 Å². The van der Waals surface area contributed by atoms with Crippen LogP contribution >= 0.6 is 12.4 Å². The Morgan fingerprint density at radius 3 is 2.54 bits per heavy atom. The van der Waals surface area contributed by atoms with Crippen molar-refractivity contribution >= 4 is 30.1 Å². The van der Waals surface area contributed by atoms with E-state index in [2.05, 4.69) is 0 Å². The lowest BCUT2D eigenvalue weighted by atomic mass is 9.95. The number of likely N-dealkylation sites (tertiary alicyclic amines) is 1. The minimum absolute atomic E-state index is 0. The van der Waals surface area contributed by atoms with Gasteiger partial charge in [-0.15, -0.1) is 12.4 Å². The molecular formula is C17H22ClN3O3. The van der Waals surface area contributed by atoms with Gasteiger partial charge in [-0.25, -0.2) is 0 Å². The van der Waals surface area contributed by atoms with Crippen LogP contribution in [0.5, 0.6) is 0 Å². The number of hydrogen-bond donors (Lipinski definition) is 1. The van der Waals surface area contributed by atoms with Gasteiger partial charge in [0.05, 0.1) is 11.1 Å². The largest absolute Gasteiger partial charge is 0.334 e. The van der Waals surface area contributed by atoms with Crippen LogP contribution in [0.25, 0.3) is 0 Å². The number of nitrogens with zero attached hydrogens (tertiary/aromatic N) is 2. The maximum atomic E-state index is 12.8. The van der Waals surface area contributed by atoms with Crippen molar-refractivity contribution in [1.82, 2.24) is 9.80 Å². The zero-order valence-corrected chi connectivity index (χ0v) is 14.6. The summed E-state index contributed by atoms with van der Waals surface area (Å²) in [5.74, 6) is -0.804. The number of nitrogens with two attached hydrogens (primary N) is 1. The smallest absolute Gasteiger partial charge is 0.261 e. The first-order chi connectivity index (χ1) is 10.9. The molecule has 7 heteroatoms. The van der Waals surface area contributed by atoms with E-state index in [1.54, 1.807) is 17.0 Å². The predicted octanol–water partition coefficient (Wildman–Crippen LogP) is 1.68. The highest BCUT2D eigenvalue weighted by Crippen LogP contribution is 2.26. The van der Waals surface area contributed by atoms with E-state index >= 15 is 0 Å². The van der Waals surface area contributed by atoms with Crippen LogP contribution in [0.15, 0.2) is 18.2 Å². The van der Waals surface area contributed by atoms with Crippen LogP contribution in [0.1, 0.15) is 57.3 Å². The van der Waals surface area contributed by atoms with E-state index in [0.717, 1.165) is 24.2 Å². The van der Waals surface area contributed by atoms with Crippen molar-refractivity contribution < 1.29 is 14.4 Å². The molecule has 2 atom stereocenters. The molecule has 1 fully saturated rings. The van der Waals surface area contributed by atoms with Crippen LogP contribution in [-0.2, 0) is 0 Å². The van der Waals surface area contributed by atoms with Crippen molar-refractivity contribution in [2.45, 2.75) is 38.3 Å². The second-order valence-corrected chi connectivity index (χ2v) is 6.35. The maximum Gasteiger partial charge on any atom is 0.261 e. The number of rotatable bonds is 2. The van der Waals surface area contributed by atoms with E-state index in [0.29, 0.717) is 23.2 Å². The number of carbonyl (C=O) groups excluding carboxylic acids is 3. The molecule has 0 saturated carbocycles. The van der Waals surface area contributed by atoms with Gasteiger partial charge >= 0.3 is 0 Å². The van der Waals surface area contributed by atoms with Gasteiger partial charge in [0.2, 0.25) is 0 Å². The average Bonchev–Trinajstić information content (AvgIpc) is 2.78. The number of benzene rings is 1. The molecule has 2 aliphatic heterocycles. The lowest BCUT2D eigenvalue weighted by Crippen LogP contribution is -2.51. The quantitative estimate of drug-likeness (QED) is 0.821. The van der Waals surface area contributed by atoms with Gasteiger partial charge in [0.25, 0.3) is 17.7 Å². The molecule has 2 N–H and O–H groups in total. The number of halogens is 1. The van der Waals surface area contributed by atoms with Crippen LogP contribution < -0.4 is 5.73 Å². The van der Waals surface area contributed by atoms with E-state index in [-0.39, 0.29) is 42.2 Å². The average molecular weight is 352 g/mol. The molecular weight excluding hydrogens is 330 g/mol. The minimum Gasteiger partial charge on any atom is -0.334 e. The van der Waals surface area contributed by atoms with Crippen molar-refractivity contribution in [2.24, 2.45) is 5.73 Å². The van der Waals surface area contributed by atoms with Crippen molar-refractivity contribution in [3.63, 3.8) is 0 Å². The Hall–Kier alpha value is -1.92. The van der Waals surface area contributed by atoms with Crippen LogP contribution in [0.2, 0.25) is 0 Å².